The van der Waals surface area contributed by atoms with Gasteiger partial charge in [-0.05, 0) is 61.9 Å². The van der Waals surface area contributed by atoms with Crippen LogP contribution in [0.1, 0.15) is 56.2 Å². The lowest BCUT2D eigenvalue weighted by Crippen LogP contribution is -2.25. The Kier molecular flexibility index (Phi) is 5.95. The molecule has 0 spiro atoms. The van der Waals surface area contributed by atoms with Gasteiger partial charge in [0.1, 0.15) is 5.75 Å². The summed E-state index contributed by atoms with van der Waals surface area (Å²) >= 11 is 0. The first-order valence-electron chi connectivity index (χ1n) is 7.77. The van der Waals surface area contributed by atoms with Crippen molar-refractivity contribution < 1.29 is 4.74 Å². The minimum Gasteiger partial charge on any atom is -0.494 e. The molecule has 108 valence electrons. The minimum absolute atomic E-state index is 0.493. The van der Waals surface area contributed by atoms with E-state index in [0.717, 1.165) is 25.1 Å². The maximum atomic E-state index is 5.80. The average Bonchev–Trinajstić information content (AvgIpc) is 2.49. The van der Waals surface area contributed by atoms with Gasteiger partial charge in [0.15, 0.2) is 0 Å². The van der Waals surface area contributed by atoms with E-state index in [1.165, 1.54) is 36.8 Å². The van der Waals surface area contributed by atoms with E-state index in [1.54, 1.807) is 0 Å². The fourth-order valence-corrected chi connectivity index (χ4v) is 2.76. The van der Waals surface area contributed by atoms with Gasteiger partial charge in [-0.3, -0.25) is 0 Å². The van der Waals surface area contributed by atoms with Crippen LogP contribution in [0.2, 0.25) is 0 Å². The van der Waals surface area contributed by atoms with Crippen molar-refractivity contribution in [1.82, 2.24) is 5.32 Å². The fraction of sp³-hybridized carbons (Fsp3) is 0.556. The maximum absolute atomic E-state index is 5.80. The van der Waals surface area contributed by atoms with E-state index >= 15 is 0 Å². The molecule has 0 amide bonds. The molecule has 0 aromatic heterocycles. The summed E-state index contributed by atoms with van der Waals surface area (Å²) in [5, 5.41) is 3.65. The number of hydrogen-bond acceptors (Lipinski definition) is 2. The van der Waals surface area contributed by atoms with Crippen LogP contribution in [-0.4, -0.2) is 13.2 Å². The smallest absolute Gasteiger partial charge is 0.119 e. The van der Waals surface area contributed by atoms with E-state index in [0.29, 0.717) is 12.6 Å². The molecule has 1 aromatic carbocycles. The number of nitrogens with one attached hydrogen (secondary N) is 1. The third kappa shape index (κ3) is 4.02. The van der Waals surface area contributed by atoms with Crippen molar-refractivity contribution in [2.24, 2.45) is 0 Å². The van der Waals surface area contributed by atoms with Crippen molar-refractivity contribution >= 4 is 0 Å². The highest BCUT2D eigenvalue weighted by Crippen LogP contribution is 2.32. The highest BCUT2D eigenvalue weighted by molar-refractivity contribution is 5.39. The number of hydrogen-bond donors (Lipinski definition) is 1. The van der Waals surface area contributed by atoms with Crippen LogP contribution >= 0.6 is 0 Å². The Balaban J connectivity index is 2.01. The van der Waals surface area contributed by atoms with Crippen molar-refractivity contribution in [2.45, 2.75) is 51.5 Å². The first kappa shape index (κ1) is 14.9. The molecular weight excluding hydrogens is 246 g/mol. The minimum atomic E-state index is 0.493. The van der Waals surface area contributed by atoms with Gasteiger partial charge in [0.25, 0.3) is 0 Å². The fourth-order valence-electron chi connectivity index (χ4n) is 2.76. The summed E-state index contributed by atoms with van der Waals surface area (Å²) < 4.78 is 5.80. The van der Waals surface area contributed by atoms with E-state index in [-0.39, 0.29) is 0 Å². The van der Waals surface area contributed by atoms with Crippen LogP contribution in [-0.2, 0) is 6.42 Å². The molecule has 1 aliphatic carbocycles. The molecule has 0 saturated carbocycles. The van der Waals surface area contributed by atoms with Gasteiger partial charge < -0.3 is 10.1 Å². The van der Waals surface area contributed by atoms with Crippen LogP contribution in [0.4, 0.5) is 0 Å². The molecule has 20 heavy (non-hydrogen) atoms. The molecule has 1 N–H and O–H groups in total. The molecule has 1 aliphatic rings. The quantitative estimate of drug-likeness (QED) is 0.600. The summed E-state index contributed by atoms with van der Waals surface area (Å²) in [5.74, 6) is 3.62. The molecule has 2 heteroatoms. The number of terminal acetylenes is 1. The number of fused-ring (bicyclic) bond motifs is 1. The molecule has 0 aliphatic heterocycles. The Morgan fingerprint density at radius 1 is 1.45 bits per heavy atom. The van der Waals surface area contributed by atoms with E-state index in [4.69, 9.17) is 11.2 Å². The number of aryl methyl sites for hydroxylation is 1. The first-order valence-corrected chi connectivity index (χ1v) is 7.77. The van der Waals surface area contributed by atoms with Crippen molar-refractivity contribution in [3.05, 3.63) is 29.3 Å². The van der Waals surface area contributed by atoms with E-state index in [9.17, 15) is 0 Å². The van der Waals surface area contributed by atoms with Gasteiger partial charge in [-0.1, -0.05) is 13.0 Å². The average molecular weight is 271 g/mol. The summed E-state index contributed by atoms with van der Waals surface area (Å²) in [6.45, 7) is 4.00. The monoisotopic (exact) mass is 271 g/mol. The number of ether oxygens (including phenoxy) is 1. The third-order valence-electron chi connectivity index (χ3n) is 3.81. The van der Waals surface area contributed by atoms with Crippen molar-refractivity contribution in [2.75, 3.05) is 13.2 Å². The van der Waals surface area contributed by atoms with Gasteiger partial charge in [0.05, 0.1) is 6.61 Å². The Hall–Kier alpha value is -1.46. The van der Waals surface area contributed by atoms with Gasteiger partial charge in [-0.15, -0.1) is 12.3 Å². The Morgan fingerprint density at radius 2 is 2.35 bits per heavy atom. The summed E-state index contributed by atoms with van der Waals surface area (Å²) in [5.41, 5.74) is 2.90. The van der Waals surface area contributed by atoms with E-state index < -0.39 is 0 Å². The number of unbranched alkanes of at least 4 members (excludes halogenated alkanes) is 1. The topological polar surface area (TPSA) is 21.3 Å². The van der Waals surface area contributed by atoms with Gasteiger partial charge in [0, 0.05) is 12.5 Å². The molecule has 2 nitrogen and oxygen atoms in total. The molecule has 0 heterocycles. The molecule has 2 rings (SSSR count). The van der Waals surface area contributed by atoms with Gasteiger partial charge in [0.2, 0.25) is 0 Å². The van der Waals surface area contributed by atoms with Gasteiger partial charge in [-0.2, -0.15) is 0 Å². The molecule has 1 unspecified atom stereocenters. The standard InChI is InChI=1S/C18H25NO/c1-3-5-6-13-20-16-11-10-15-8-7-9-18(17(15)14-16)19-12-4-2/h1,10-11,14,18-19H,4-9,12-13H2,2H3. The second-order valence-electron chi connectivity index (χ2n) is 5.42. The zero-order chi connectivity index (χ0) is 14.2. The second kappa shape index (κ2) is 7.97. The van der Waals surface area contributed by atoms with E-state index in [1.807, 2.05) is 0 Å². The third-order valence-corrected chi connectivity index (χ3v) is 3.81. The molecule has 0 radical (unpaired) electrons. The number of benzene rings is 1. The summed E-state index contributed by atoms with van der Waals surface area (Å²) in [6, 6.07) is 7.04. The van der Waals surface area contributed by atoms with Crippen LogP contribution in [0.15, 0.2) is 18.2 Å². The normalized spacial score (nSPS) is 17.3. The van der Waals surface area contributed by atoms with Gasteiger partial charge in [-0.25, -0.2) is 0 Å². The molecule has 0 fully saturated rings. The highest BCUT2D eigenvalue weighted by atomic mass is 16.5. The SMILES string of the molecule is C#CCCCOc1ccc2c(c1)C(NCCC)CCC2. The Morgan fingerprint density at radius 3 is 3.15 bits per heavy atom. The molecule has 1 atom stereocenters. The maximum Gasteiger partial charge on any atom is 0.119 e. The zero-order valence-corrected chi connectivity index (χ0v) is 12.5. The predicted molar refractivity (Wildman–Crippen MR) is 84.0 cm³/mol. The number of rotatable bonds is 7. The first-order chi connectivity index (χ1) is 9.85. The van der Waals surface area contributed by atoms with Crippen LogP contribution in [0.3, 0.4) is 0 Å². The molecule has 1 aromatic rings. The Bertz CT molecular complexity index is 461. The van der Waals surface area contributed by atoms with Gasteiger partial charge >= 0.3 is 0 Å². The van der Waals surface area contributed by atoms with Crippen LogP contribution in [0.5, 0.6) is 5.75 Å². The summed E-state index contributed by atoms with van der Waals surface area (Å²) in [6.07, 6.45) is 11.8. The van der Waals surface area contributed by atoms with Crippen LogP contribution in [0, 0.1) is 12.3 Å². The summed E-state index contributed by atoms with van der Waals surface area (Å²) in [7, 11) is 0. The summed E-state index contributed by atoms with van der Waals surface area (Å²) in [4.78, 5) is 0. The lowest BCUT2D eigenvalue weighted by Gasteiger charge is -2.27. The Labute approximate surface area is 122 Å². The largest absolute Gasteiger partial charge is 0.494 e. The van der Waals surface area contributed by atoms with Crippen molar-refractivity contribution in [3.8, 4) is 18.1 Å². The molecular formula is C18H25NO. The second-order valence-corrected chi connectivity index (χ2v) is 5.42. The highest BCUT2D eigenvalue weighted by Gasteiger charge is 2.19. The molecule has 0 bridgehead atoms. The van der Waals surface area contributed by atoms with Crippen LogP contribution < -0.4 is 10.1 Å². The molecule has 0 saturated heterocycles. The predicted octanol–water partition coefficient (Wildman–Crippen LogP) is 3.86. The lowest BCUT2D eigenvalue weighted by atomic mass is 9.87. The van der Waals surface area contributed by atoms with E-state index in [2.05, 4.69) is 36.4 Å². The van der Waals surface area contributed by atoms with Crippen molar-refractivity contribution in [3.63, 3.8) is 0 Å². The zero-order valence-electron chi connectivity index (χ0n) is 12.5. The van der Waals surface area contributed by atoms with Crippen molar-refractivity contribution in [1.29, 1.82) is 0 Å². The van der Waals surface area contributed by atoms with Crippen LogP contribution in [0.25, 0.3) is 0 Å². The lowest BCUT2D eigenvalue weighted by molar-refractivity contribution is 0.311.